The van der Waals surface area contributed by atoms with Crippen molar-refractivity contribution in [1.82, 2.24) is 4.57 Å². The highest BCUT2D eigenvalue weighted by Crippen LogP contribution is 2.23. The van der Waals surface area contributed by atoms with E-state index < -0.39 is 10.0 Å². The maximum Gasteiger partial charge on any atom is 0.238 e. The van der Waals surface area contributed by atoms with Gasteiger partial charge >= 0.3 is 0 Å². The Morgan fingerprint density at radius 3 is 2.22 bits per heavy atom. The molecule has 7 heteroatoms. The molecule has 0 bridgehead atoms. The summed E-state index contributed by atoms with van der Waals surface area (Å²) in [6.07, 6.45) is 1.53. The molecule has 0 atom stereocenters. The van der Waals surface area contributed by atoms with E-state index in [0.717, 1.165) is 22.6 Å². The molecule has 1 aromatic carbocycles. The van der Waals surface area contributed by atoms with Gasteiger partial charge in [-0.25, -0.2) is 13.6 Å². The minimum Gasteiger partial charge on any atom is -0.318 e. The number of nitrogens with two attached hydrogens (primary N) is 1. The van der Waals surface area contributed by atoms with Gasteiger partial charge in [-0.15, -0.1) is 0 Å². The van der Waals surface area contributed by atoms with E-state index in [0.29, 0.717) is 0 Å². The molecule has 0 aliphatic heterocycles. The Hall–Kier alpha value is -2.87. The SMILES string of the molecule is Cc1cc(C=C(C#N)C#N)c(C)n1-c1ccc(S(N)(=O)=O)cc1. The lowest BCUT2D eigenvalue weighted by Gasteiger charge is -2.10. The summed E-state index contributed by atoms with van der Waals surface area (Å²) in [6.45, 7) is 3.75. The Balaban J connectivity index is 2.54. The fourth-order valence-electron chi connectivity index (χ4n) is 2.36. The van der Waals surface area contributed by atoms with Crippen molar-refractivity contribution in [1.29, 1.82) is 10.5 Å². The molecule has 0 spiro atoms. The standard InChI is InChI=1S/C16H14N4O2S/c1-11-7-14(8-13(9-17)10-18)12(2)20(11)15-3-5-16(6-4-15)23(19,21)22/h3-8H,1-2H3,(H2,19,21,22). The van der Waals surface area contributed by atoms with E-state index in [1.165, 1.54) is 18.2 Å². The minimum atomic E-state index is -3.73. The summed E-state index contributed by atoms with van der Waals surface area (Å²) in [5, 5.41) is 22.8. The number of rotatable bonds is 3. The van der Waals surface area contributed by atoms with Crippen molar-refractivity contribution in [2.24, 2.45) is 5.14 Å². The maximum atomic E-state index is 11.3. The van der Waals surface area contributed by atoms with E-state index >= 15 is 0 Å². The van der Waals surface area contributed by atoms with Crippen LogP contribution in [0.2, 0.25) is 0 Å². The van der Waals surface area contributed by atoms with Crippen LogP contribution in [0.1, 0.15) is 17.0 Å². The van der Waals surface area contributed by atoms with Crippen molar-refractivity contribution in [2.45, 2.75) is 18.7 Å². The number of sulfonamides is 1. The molecule has 116 valence electrons. The number of benzene rings is 1. The molecule has 2 N–H and O–H groups in total. The van der Waals surface area contributed by atoms with Crippen LogP contribution < -0.4 is 5.14 Å². The molecule has 0 unspecified atom stereocenters. The minimum absolute atomic E-state index is 0.0230. The fourth-order valence-corrected chi connectivity index (χ4v) is 2.88. The van der Waals surface area contributed by atoms with Gasteiger partial charge in [0.25, 0.3) is 0 Å². The normalized spacial score (nSPS) is 10.7. The summed E-state index contributed by atoms with van der Waals surface area (Å²) >= 11 is 0. The van der Waals surface area contributed by atoms with E-state index in [9.17, 15) is 8.42 Å². The summed E-state index contributed by atoms with van der Waals surface area (Å²) in [4.78, 5) is 0.0417. The number of aryl methyl sites for hydroxylation is 1. The van der Waals surface area contributed by atoms with E-state index in [2.05, 4.69) is 0 Å². The van der Waals surface area contributed by atoms with Crippen molar-refractivity contribution in [3.63, 3.8) is 0 Å². The second-order valence-corrected chi connectivity index (χ2v) is 6.54. The van der Waals surface area contributed by atoms with Crippen molar-refractivity contribution in [2.75, 3.05) is 0 Å². The molecular weight excluding hydrogens is 312 g/mol. The number of hydrogen-bond donors (Lipinski definition) is 1. The van der Waals surface area contributed by atoms with Gasteiger partial charge in [0.15, 0.2) is 0 Å². The molecule has 0 amide bonds. The Bertz CT molecular complexity index is 953. The number of primary sulfonamides is 1. The predicted molar refractivity (Wildman–Crippen MR) is 85.8 cm³/mol. The molecule has 0 aliphatic rings. The molecular formula is C16H14N4O2S. The van der Waals surface area contributed by atoms with Crippen LogP contribution in [0.3, 0.4) is 0 Å². The lowest BCUT2D eigenvalue weighted by Crippen LogP contribution is -2.12. The second-order valence-electron chi connectivity index (χ2n) is 4.98. The van der Waals surface area contributed by atoms with Gasteiger partial charge in [-0.05, 0) is 55.8 Å². The monoisotopic (exact) mass is 326 g/mol. The quantitative estimate of drug-likeness (QED) is 0.871. The lowest BCUT2D eigenvalue weighted by molar-refractivity contribution is 0.598. The number of nitrogens with zero attached hydrogens (tertiary/aromatic N) is 3. The number of hydrogen-bond acceptors (Lipinski definition) is 4. The third-order valence-electron chi connectivity index (χ3n) is 3.43. The highest BCUT2D eigenvalue weighted by molar-refractivity contribution is 7.89. The highest BCUT2D eigenvalue weighted by Gasteiger charge is 2.12. The van der Waals surface area contributed by atoms with Crippen LogP contribution in [0.25, 0.3) is 11.8 Å². The average molecular weight is 326 g/mol. The summed E-state index contributed by atoms with van der Waals surface area (Å²) in [7, 11) is -3.73. The Morgan fingerprint density at radius 2 is 1.74 bits per heavy atom. The van der Waals surface area contributed by atoms with Gasteiger partial charge in [0.05, 0.1) is 4.90 Å². The fraction of sp³-hybridized carbons (Fsp3) is 0.125. The zero-order valence-corrected chi connectivity index (χ0v) is 13.4. The summed E-state index contributed by atoms with van der Waals surface area (Å²) in [5.74, 6) is 0. The number of allylic oxidation sites excluding steroid dienone is 1. The van der Waals surface area contributed by atoms with Crippen molar-refractivity contribution >= 4 is 16.1 Å². The van der Waals surface area contributed by atoms with Crippen LogP contribution in [0.5, 0.6) is 0 Å². The molecule has 0 saturated heterocycles. The Morgan fingerprint density at radius 1 is 1.17 bits per heavy atom. The predicted octanol–water partition coefficient (Wildman–Crippen LogP) is 2.17. The molecule has 1 aromatic heterocycles. The van der Waals surface area contributed by atoms with Crippen LogP contribution in [0, 0.1) is 36.5 Å². The van der Waals surface area contributed by atoms with Gasteiger partial charge in [-0.3, -0.25) is 0 Å². The second kappa shape index (κ2) is 6.09. The van der Waals surface area contributed by atoms with Gasteiger partial charge in [0, 0.05) is 17.1 Å². The zero-order chi connectivity index (χ0) is 17.2. The molecule has 2 rings (SSSR count). The first-order chi connectivity index (χ1) is 10.8. The maximum absolute atomic E-state index is 11.3. The van der Waals surface area contributed by atoms with Crippen molar-refractivity contribution in [3.8, 4) is 17.8 Å². The van der Waals surface area contributed by atoms with Crippen LogP contribution in [-0.4, -0.2) is 13.0 Å². The van der Waals surface area contributed by atoms with Crippen molar-refractivity contribution in [3.05, 3.63) is 52.9 Å². The highest BCUT2D eigenvalue weighted by atomic mass is 32.2. The van der Waals surface area contributed by atoms with E-state index in [-0.39, 0.29) is 10.5 Å². The first kappa shape index (κ1) is 16.5. The largest absolute Gasteiger partial charge is 0.318 e. The summed E-state index contributed by atoms with van der Waals surface area (Å²) in [5.41, 5.74) is 3.29. The third kappa shape index (κ3) is 3.32. The van der Waals surface area contributed by atoms with Gasteiger partial charge < -0.3 is 4.57 Å². The van der Waals surface area contributed by atoms with Crippen LogP contribution in [-0.2, 0) is 10.0 Å². The third-order valence-corrected chi connectivity index (χ3v) is 4.36. The smallest absolute Gasteiger partial charge is 0.238 e. The van der Waals surface area contributed by atoms with Crippen molar-refractivity contribution < 1.29 is 8.42 Å². The first-order valence-corrected chi connectivity index (χ1v) is 8.16. The van der Waals surface area contributed by atoms with E-state index in [4.69, 9.17) is 15.7 Å². The molecule has 0 saturated carbocycles. The van der Waals surface area contributed by atoms with E-state index in [1.807, 2.05) is 36.6 Å². The average Bonchev–Trinajstić information content (AvgIpc) is 2.78. The van der Waals surface area contributed by atoms with Gasteiger partial charge in [-0.2, -0.15) is 10.5 Å². The molecule has 23 heavy (non-hydrogen) atoms. The molecule has 6 nitrogen and oxygen atoms in total. The number of nitriles is 2. The van der Waals surface area contributed by atoms with E-state index in [1.54, 1.807) is 12.1 Å². The molecule has 0 fully saturated rings. The Kier molecular flexibility index (Phi) is 4.37. The van der Waals surface area contributed by atoms with Crippen LogP contribution >= 0.6 is 0 Å². The van der Waals surface area contributed by atoms with Crippen LogP contribution in [0.15, 0.2) is 40.8 Å². The number of aromatic nitrogens is 1. The van der Waals surface area contributed by atoms with Gasteiger partial charge in [-0.1, -0.05) is 0 Å². The molecule has 0 aliphatic carbocycles. The molecule has 0 radical (unpaired) electrons. The van der Waals surface area contributed by atoms with Gasteiger partial charge in [0.2, 0.25) is 10.0 Å². The van der Waals surface area contributed by atoms with Gasteiger partial charge in [0.1, 0.15) is 17.7 Å². The summed E-state index contributed by atoms with van der Waals surface area (Å²) in [6, 6.07) is 11.7. The Labute approximate surface area is 134 Å². The lowest BCUT2D eigenvalue weighted by atomic mass is 10.1. The zero-order valence-electron chi connectivity index (χ0n) is 12.6. The first-order valence-electron chi connectivity index (χ1n) is 6.62. The topological polar surface area (TPSA) is 113 Å². The molecule has 1 heterocycles. The van der Waals surface area contributed by atoms with Crippen LogP contribution in [0.4, 0.5) is 0 Å². The molecule has 2 aromatic rings. The summed E-state index contributed by atoms with van der Waals surface area (Å²) < 4.78 is 24.5.